The van der Waals surface area contributed by atoms with E-state index in [1.165, 1.54) is 12.4 Å². The Hall–Kier alpha value is -1.68. The summed E-state index contributed by atoms with van der Waals surface area (Å²) in [5.41, 5.74) is 14.2. The number of hydrogen-bond donors (Lipinski definition) is 6. The summed E-state index contributed by atoms with van der Waals surface area (Å²) in [6.07, 6.45) is 3.05. The number of pyridine rings is 2. The topological polar surface area (TPSA) is 159 Å². The standard InChI is InChI=1S/2C8H12N2O2.2ClH/c2*1-5-8(12)7(2-9)6(4-11)3-10-5;;/h2*3,11-12H,2,4,9H2,1H3;2*1H. The normalized spacial score (nSPS) is 9.46. The Bertz CT molecular complexity index is 643. The minimum absolute atomic E-state index is 0. The number of halogens is 2. The first-order valence-electron chi connectivity index (χ1n) is 7.35. The first-order valence-corrected chi connectivity index (χ1v) is 7.35. The molecule has 0 bridgehead atoms. The van der Waals surface area contributed by atoms with Gasteiger partial charge in [-0.3, -0.25) is 9.97 Å². The van der Waals surface area contributed by atoms with Gasteiger partial charge in [-0.05, 0) is 13.8 Å². The Morgan fingerprint density at radius 1 is 0.769 bits per heavy atom. The molecule has 0 spiro atoms. The maximum absolute atomic E-state index is 9.46. The third kappa shape index (κ3) is 6.24. The molecule has 2 heterocycles. The third-order valence-corrected chi connectivity index (χ3v) is 3.61. The zero-order valence-electron chi connectivity index (χ0n) is 14.6. The molecule has 2 rings (SSSR count). The van der Waals surface area contributed by atoms with Crippen LogP contribution in [-0.2, 0) is 26.3 Å². The fourth-order valence-electron chi connectivity index (χ4n) is 2.10. The average Bonchev–Trinajstić information content (AvgIpc) is 2.59. The van der Waals surface area contributed by atoms with E-state index < -0.39 is 0 Å². The Morgan fingerprint density at radius 2 is 1.08 bits per heavy atom. The Labute approximate surface area is 164 Å². The van der Waals surface area contributed by atoms with E-state index in [9.17, 15) is 10.2 Å². The number of hydrogen-bond acceptors (Lipinski definition) is 8. The molecule has 0 radical (unpaired) electrons. The molecule has 148 valence electrons. The number of aliphatic hydroxyl groups excluding tert-OH is 2. The molecule has 26 heavy (non-hydrogen) atoms. The highest BCUT2D eigenvalue weighted by Gasteiger charge is 2.09. The van der Waals surface area contributed by atoms with Crippen LogP contribution in [0, 0.1) is 13.8 Å². The Morgan fingerprint density at radius 3 is 1.31 bits per heavy atom. The molecule has 0 aromatic carbocycles. The van der Waals surface area contributed by atoms with Crippen LogP contribution in [0.1, 0.15) is 33.6 Å². The molecule has 0 aliphatic rings. The number of aromatic nitrogens is 2. The van der Waals surface area contributed by atoms with Gasteiger partial charge in [0.25, 0.3) is 0 Å². The van der Waals surface area contributed by atoms with E-state index in [1.807, 2.05) is 0 Å². The maximum atomic E-state index is 9.46. The summed E-state index contributed by atoms with van der Waals surface area (Å²) in [6, 6.07) is 0. The van der Waals surface area contributed by atoms with Crippen LogP contribution in [0.2, 0.25) is 0 Å². The number of nitrogens with zero attached hydrogens (tertiary/aromatic N) is 2. The van der Waals surface area contributed by atoms with Crippen LogP contribution in [0.3, 0.4) is 0 Å². The fraction of sp³-hybridized carbons (Fsp3) is 0.375. The number of rotatable bonds is 4. The summed E-state index contributed by atoms with van der Waals surface area (Å²) >= 11 is 0. The zero-order valence-corrected chi connectivity index (χ0v) is 16.3. The second kappa shape index (κ2) is 12.6. The molecule has 0 unspecified atom stereocenters. The van der Waals surface area contributed by atoms with Crippen LogP contribution in [0.4, 0.5) is 0 Å². The lowest BCUT2D eigenvalue weighted by atomic mass is 10.1. The Kier molecular flexibility index (Phi) is 12.9. The number of nitrogens with two attached hydrogens (primary N) is 2. The largest absolute Gasteiger partial charge is 0.506 e. The molecule has 8 nitrogen and oxygen atoms in total. The van der Waals surface area contributed by atoms with Gasteiger partial charge in [-0.15, -0.1) is 24.8 Å². The van der Waals surface area contributed by atoms with Gasteiger partial charge in [-0.25, -0.2) is 0 Å². The van der Waals surface area contributed by atoms with Gasteiger partial charge in [-0.1, -0.05) is 0 Å². The molecule has 0 atom stereocenters. The van der Waals surface area contributed by atoms with Gasteiger partial charge in [0.15, 0.2) is 0 Å². The summed E-state index contributed by atoms with van der Waals surface area (Å²) in [5.74, 6) is 0.174. The summed E-state index contributed by atoms with van der Waals surface area (Å²) in [4.78, 5) is 7.79. The van der Waals surface area contributed by atoms with Crippen molar-refractivity contribution in [3.8, 4) is 11.5 Å². The number of aliphatic hydroxyl groups is 2. The van der Waals surface area contributed by atoms with Crippen molar-refractivity contribution in [1.29, 1.82) is 0 Å². The third-order valence-electron chi connectivity index (χ3n) is 3.61. The predicted octanol–water partition coefficient (Wildman–Crippen LogP) is 0.937. The molecule has 0 saturated heterocycles. The van der Waals surface area contributed by atoms with Gasteiger partial charge in [0.1, 0.15) is 11.5 Å². The van der Waals surface area contributed by atoms with Gasteiger partial charge in [0, 0.05) is 47.7 Å². The van der Waals surface area contributed by atoms with Crippen LogP contribution < -0.4 is 11.5 Å². The summed E-state index contributed by atoms with van der Waals surface area (Å²) in [5, 5.41) is 36.6. The average molecular weight is 409 g/mol. The second-order valence-corrected chi connectivity index (χ2v) is 5.12. The van der Waals surface area contributed by atoms with Crippen LogP contribution >= 0.6 is 24.8 Å². The summed E-state index contributed by atoms with van der Waals surface area (Å²) < 4.78 is 0. The van der Waals surface area contributed by atoms with E-state index in [0.29, 0.717) is 33.6 Å². The van der Waals surface area contributed by atoms with E-state index in [-0.39, 0.29) is 62.6 Å². The summed E-state index contributed by atoms with van der Waals surface area (Å²) in [6.45, 7) is 3.52. The van der Waals surface area contributed by atoms with Gasteiger partial charge in [0.2, 0.25) is 0 Å². The van der Waals surface area contributed by atoms with E-state index >= 15 is 0 Å². The van der Waals surface area contributed by atoms with Crippen LogP contribution in [-0.4, -0.2) is 30.4 Å². The van der Waals surface area contributed by atoms with Crippen molar-refractivity contribution >= 4 is 24.8 Å². The van der Waals surface area contributed by atoms with Crippen molar-refractivity contribution in [2.45, 2.75) is 40.2 Å². The molecule has 8 N–H and O–H groups in total. The highest BCUT2D eigenvalue weighted by Crippen LogP contribution is 2.23. The van der Waals surface area contributed by atoms with Crippen molar-refractivity contribution in [3.63, 3.8) is 0 Å². The summed E-state index contributed by atoms with van der Waals surface area (Å²) in [7, 11) is 0. The second-order valence-electron chi connectivity index (χ2n) is 5.12. The van der Waals surface area contributed by atoms with Crippen molar-refractivity contribution < 1.29 is 20.4 Å². The highest BCUT2D eigenvalue weighted by molar-refractivity contribution is 5.85. The van der Waals surface area contributed by atoms with Gasteiger partial charge >= 0.3 is 0 Å². The van der Waals surface area contributed by atoms with Gasteiger partial charge < -0.3 is 31.9 Å². The lowest BCUT2D eigenvalue weighted by Gasteiger charge is -2.08. The number of aryl methyl sites for hydroxylation is 2. The quantitative estimate of drug-likeness (QED) is 0.435. The molecule has 0 amide bonds. The molecule has 0 fully saturated rings. The smallest absolute Gasteiger partial charge is 0.141 e. The maximum Gasteiger partial charge on any atom is 0.141 e. The van der Waals surface area contributed by atoms with Gasteiger partial charge in [0.05, 0.1) is 24.6 Å². The molecule has 10 heteroatoms. The Balaban J connectivity index is 0. The molecular formula is C16H26Cl2N4O4. The van der Waals surface area contributed by atoms with Crippen LogP contribution in [0.5, 0.6) is 11.5 Å². The molecule has 0 saturated carbocycles. The zero-order chi connectivity index (χ0) is 18.3. The van der Waals surface area contributed by atoms with E-state index in [1.54, 1.807) is 13.8 Å². The van der Waals surface area contributed by atoms with Crippen molar-refractivity contribution in [3.05, 3.63) is 46.0 Å². The molecular weight excluding hydrogens is 383 g/mol. The first kappa shape index (κ1) is 26.5. The van der Waals surface area contributed by atoms with Crippen molar-refractivity contribution in [1.82, 2.24) is 9.97 Å². The minimum atomic E-state index is -0.145. The molecule has 2 aromatic heterocycles. The van der Waals surface area contributed by atoms with Crippen molar-refractivity contribution in [2.24, 2.45) is 11.5 Å². The van der Waals surface area contributed by atoms with E-state index in [4.69, 9.17) is 21.7 Å². The predicted molar refractivity (Wildman–Crippen MR) is 103 cm³/mol. The molecule has 0 aliphatic carbocycles. The van der Waals surface area contributed by atoms with E-state index in [2.05, 4.69) is 9.97 Å². The van der Waals surface area contributed by atoms with Crippen molar-refractivity contribution in [2.75, 3.05) is 0 Å². The molecule has 0 aliphatic heterocycles. The van der Waals surface area contributed by atoms with Gasteiger partial charge in [-0.2, -0.15) is 0 Å². The number of aromatic hydroxyl groups is 2. The fourth-order valence-corrected chi connectivity index (χ4v) is 2.10. The minimum Gasteiger partial charge on any atom is -0.506 e. The molecule has 2 aromatic rings. The van der Waals surface area contributed by atoms with Crippen LogP contribution in [0.25, 0.3) is 0 Å². The SMILES string of the molecule is Cc1ncc(CO)c(CN)c1O.Cc1ncc(CO)c(CN)c1O.Cl.Cl. The van der Waals surface area contributed by atoms with E-state index in [0.717, 1.165) is 0 Å². The monoisotopic (exact) mass is 408 g/mol. The lowest BCUT2D eigenvalue weighted by molar-refractivity contribution is 0.278. The first-order chi connectivity index (χ1) is 11.4. The lowest BCUT2D eigenvalue weighted by Crippen LogP contribution is -2.04. The highest BCUT2D eigenvalue weighted by atomic mass is 35.5. The van der Waals surface area contributed by atoms with Crippen LogP contribution in [0.15, 0.2) is 12.4 Å².